The summed E-state index contributed by atoms with van der Waals surface area (Å²) in [6.45, 7) is 10.5. The van der Waals surface area contributed by atoms with Crippen LogP contribution >= 0.6 is 35.3 Å². The Hall–Kier alpha value is -0.610. The number of aromatic nitrogens is 1. The molecule has 136 valence electrons. The van der Waals surface area contributed by atoms with Gasteiger partial charge in [-0.25, -0.2) is 4.98 Å². The van der Waals surface area contributed by atoms with E-state index in [-0.39, 0.29) is 24.0 Å². The van der Waals surface area contributed by atoms with Crippen molar-refractivity contribution in [3.63, 3.8) is 0 Å². The first kappa shape index (κ1) is 19.7. The lowest BCUT2D eigenvalue weighted by Crippen LogP contribution is -2.51. The van der Waals surface area contributed by atoms with Gasteiger partial charge in [0.1, 0.15) is 0 Å². The van der Waals surface area contributed by atoms with Crippen LogP contribution in [0, 0.1) is 5.92 Å². The van der Waals surface area contributed by atoms with Gasteiger partial charge in [-0.15, -0.1) is 35.3 Å². The highest BCUT2D eigenvalue weighted by Gasteiger charge is 2.20. The van der Waals surface area contributed by atoms with Crippen molar-refractivity contribution in [2.24, 2.45) is 16.6 Å². The van der Waals surface area contributed by atoms with Crippen LogP contribution in [0.4, 0.5) is 5.13 Å². The van der Waals surface area contributed by atoms with Crippen molar-refractivity contribution >= 4 is 46.4 Å². The molecular weight excluding hydrogens is 435 g/mol. The third-order valence-electron chi connectivity index (χ3n) is 4.63. The van der Waals surface area contributed by atoms with Gasteiger partial charge >= 0.3 is 0 Å². The summed E-state index contributed by atoms with van der Waals surface area (Å²) in [4.78, 5) is 16.1. The van der Waals surface area contributed by atoms with Crippen LogP contribution in [0.3, 0.4) is 0 Å². The molecule has 0 saturated carbocycles. The zero-order chi connectivity index (χ0) is 16.1. The molecule has 24 heavy (non-hydrogen) atoms. The van der Waals surface area contributed by atoms with Crippen LogP contribution in [-0.2, 0) is 0 Å². The van der Waals surface area contributed by atoms with Crippen molar-refractivity contribution in [3.05, 3.63) is 11.6 Å². The first-order chi connectivity index (χ1) is 11.2. The summed E-state index contributed by atoms with van der Waals surface area (Å²) >= 11 is 1.70. The summed E-state index contributed by atoms with van der Waals surface area (Å²) in [5, 5.41) is 3.14. The summed E-state index contributed by atoms with van der Waals surface area (Å²) in [5.41, 5.74) is 6.20. The number of nitrogens with zero attached hydrogens (tertiary/aromatic N) is 5. The lowest BCUT2D eigenvalue weighted by molar-refractivity contribution is 0.291. The quantitative estimate of drug-likeness (QED) is 0.410. The molecule has 2 aliphatic rings. The second kappa shape index (κ2) is 9.76. The Morgan fingerprint density at radius 1 is 1.25 bits per heavy atom. The molecule has 1 unspecified atom stereocenters. The zero-order valence-corrected chi connectivity index (χ0v) is 17.6. The molecule has 0 radical (unpaired) electrons. The SMILES string of the molecule is CC(CN=C(N)N1CCN(c2nccs2)CC1)CN1CCCC1.I. The van der Waals surface area contributed by atoms with Gasteiger partial charge in [0, 0.05) is 50.8 Å². The van der Waals surface area contributed by atoms with Crippen LogP contribution in [0.1, 0.15) is 19.8 Å². The number of anilines is 1. The van der Waals surface area contributed by atoms with Gasteiger partial charge in [0.2, 0.25) is 0 Å². The van der Waals surface area contributed by atoms with Crippen LogP contribution in [0.15, 0.2) is 16.6 Å². The van der Waals surface area contributed by atoms with Gasteiger partial charge in [-0.05, 0) is 31.8 Å². The lowest BCUT2D eigenvalue weighted by Gasteiger charge is -2.35. The van der Waals surface area contributed by atoms with E-state index in [0.717, 1.165) is 44.4 Å². The number of hydrogen-bond acceptors (Lipinski definition) is 5. The standard InChI is InChI=1S/C16H28N6S.HI/c1-14(13-20-5-2-3-6-20)12-19-15(17)21-7-9-22(10-8-21)16-18-4-11-23-16;/h4,11,14H,2-3,5-10,12-13H2,1H3,(H2,17,19);1H. The molecule has 0 amide bonds. The topological polar surface area (TPSA) is 61.0 Å². The van der Waals surface area contributed by atoms with Crippen molar-refractivity contribution in [1.82, 2.24) is 14.8 Å². The molecule has 0 aliphatic carbocycles. The number of guanidine groups is 1. The largest absolute Gasteiger partial charge is 0.370 e. The number of thiazole rings is 1. The van der Waals surface area contributed by atoms with Gasteiger partial charge in [-0.3, -0.25) is 4.99 Å². The number of nitrogens with two attached hydrogens (primary N) is 1. The maximum atomic E-state index is 6.20. The highest BCUT2D eigenvalue weighted by Crippen LogP contribution is 2.18. The number of halogens is 1. The molecule has 3 heterocycles. The maximum Gasteiger partial charge on any atom is 0.191 e. The molecule has 1 atom stereocenters. The minimum atomic E-state index is 0. The average Bonchev–Trinajstić information content (AvgIpc) is 3.26. The van der Waals surface area contributed by atoms with Crippen LogP contribution in [0.25, 0.3) is 0 Å². The average molecular weight is 464 g/mol. The number of aliphatic imine (C=N–C) groups is 1. The minimum absolute atomic E-state index is 0. The predicted octanol–water partition coefficient (Wildman–Crippen LogP) is 1.93. The van der Waals surface area contributed by atoms with Crippen LogP contribution < -0.4 is 10.6 Å². The Balaban J connectivity index is 0.00000208. The highest BCUT2D eigenvalue weighted by molar-refractivity contribution is 14.0. The second-order valence-corrected chi connectivity index (χ2v) is 7.47. The van der Waals surface area contributed by atoms with Crippen molar-refractivity contribution in [1.29, 1.82) is 0 Å². The van der Waals surface area contributed by atoms with E-state index < -0.39 is 0 Å². The predicted molar refractivity (Wildman–Crippen MR) is 113 cm³/mol. The number of rotatable bonds is 5. The summed E-state index contributed by atoms with van der Waals surface area (Å²) in [7, 11) is 0. The summed E-state index contributed by atoms with van der Waals surface area (Å²) in [5.74, 6) is 1.28. The van der Waals surface area contributed by atoms with E-state index in [1.165, 1.54) is 25.9 Å². The van der Waals surface area contributed by atoms with E-state index in [1.807, 2.05) is 11.6 Å². The summed E-state index contributed by atoms with van der Waals surface area (Å²) in [6.07, 6.45) is 4.56. The number of likely N-dealkylation sites (tertiary alicyclic amines) is 1. The molecule has 0 spiro atoms. The Morgan fingerprint density at radius 3 is 2.58 bits per heavy atom. The van der Waals surface area contributed by atoms with Gasteiger partial charge in [0.15, 0.2) is 11.1 Å². The van der Waals surface area contributed by atoms with Crippen LogP contribution in [0.5, 0.6) is 0 Å². The first-order valence-electron chi connectivity index (χ1n) is 8.64. The van der Waals surface area contributed by atoms with E-state index in [9.17, 15) is 0 Å². The lowest BCUT2D eigenvalue weighted by atomic mass is 10.2. The second-order valence-electron chi connectivity index (χ2n) is 6.60. The fourth-order valence-electron chi connectivity index (χ4n) is 3.31. The molecule has 1 aromatic heterocycles. The Morgan fingerprint density at radius 2 is 1.96 bits per heavy atom. The van der Waals surface area contributed by atoms with E-state index in [0.29, 0.717) is 11.9 Å². The van der Waals surface area contributed by atoms with Crippen molar-refractivity contribution in [2.45, 2.75) is 19.8 Å². The fourth-order valence-corrected chi connectivity index (χ4v) is 4.01. The van der Waals surface area contributed by atoms with Crippen LogP contribution in [0.2, 0.25) is 0 Å². The van der Waals surface area contributed by atoms with E-state index in [4.69, 9.17) is 5.73 Å². The summed E-state index contributed by atoms with van der Waals surface area (Å²) < 4.78 is 0. The van der Waals surface area contributed by atoms with E-state index in [1.54, 1.807) is 11.3 Å². The van der Waals surface area contributed by atoms with Crippen LogP contribution in [-0.4, -0.2) is 73.1 Å². The van der Waals surface area contributed by atoms with Crippen molar-refractivity contribution < 1.29 is 0 Å². The normalized spacial score (nSPS) is 21.0. The first-order valence-corrected chi connectivity index (χ1v) is 9.52. The molecule has 2 aliphatic heterocycles. The Kier molecular flexibility index (Phi) is 8.02. The van der Waals surface area contributed by atoms with E-state index in [2.05, 4.69) is 31.6 Å². The maximum absolute atomic E-state index is 6.20. The number of piperazine rings is 1. The van der Waals surface area contributed by atoms with Gasteiger partial charge in [-0.2, -0.15) is 0 Å². The molecule has 6 nitrogen and oxygen atoms in total. The number of hydrogen-bond donors (Lipinski definition) is 1. The monoisotopic (exact) mass is 464 g/mol. The molecule has 0 bridgehead atoms. The third kappa shape index (κ3) is 5.45. The Bertz CT molecular complexity index is 495. The molecule has 8 heteroatoms. The van der Waals surface area contributed by atoms with Gasteiger partial charge in [0.25, 0.3) is 0 Å². The molecule has 1 aromatic rings. The molecule has 3 rings (SSSR count). The molecule has 2 fully saturated rings. The highest BCUT2D eigenvalue weighted by atomic mass is 127. The Labute approximate surface area is 166 Å². The third-order valence-corrected chi connectivity index (χ3v) is 5.46. The molecule has 2 N–H and O–H groups in total. The fraction of sp³-hybridized carbons (Fsp3) is 0.750. The minimum Gasteiger partial charge on any atom is -0.370 e. The van der Waals surface area contributed by atoms with E-state index >= 15 is 0 Å². The molecule has 0 aromatic carbocycles. The van der Waals surface area contributed by atoms with Gasteiger partial charge in [0.05, 0.1) is 0 Å². The smallest absolute Gasteiger partial charge is 0.191 e. The molecular formula is C16H29IN6S. The molecule has 2 saturated heterocycles. The van der Waals surface area contributed by atoms with Crippen molar-refractivity contribution in [2.75, 3.05) is 57.3 Å². The van der Waals surface area contributed by atoms with Gasteiger partial charge < -0.3 is 20.4 Å². The summed E-state index contributed by atoms with van der Waals surface area (Å²) in [6, 6.07) is 0. The van der Waals surface area contributed by atoms with Crippen molar-refractivity contribution in [3.8, 4) is 0 Å². The van der Waals surface area contributed by atoms with Gasteiger partial charge in [-0.1, -0.05) is 6.92 Å². The zero-order valence-electron chi connectivity index (χ0n) is 14.4.